The van der Waals surface area contributed by atoms with Crippen molar-refractivity contribution < 1.29 is 9.13 Å². The lowest BCUT2D eigenvalue weighted by Crippen LogP contribution is -2.24. The molecule has 0 aliphatic rings. The fourth-order valence-electron chi connectivity index (χ4n) is 2.22. The van der Waals surface area contributed by atoms with E-state index in [9.17, 15) is 4.39 Å². The van der Waals surface area contributed by atoms with E-state index in [4.69, 9.17) is 4.74 Å². The van der Waals surface area contributed by atoms with Crippen molar-refractivity contribution in [3.05, 3.63) is 59.7 Å². The third kappa shape index (κ3) is 4.02. The van der Waals surface area contributed by atoms with Crippen molar-refractivity contribution in [1.82, 2.24) is 10.3 Å². The van der Waals surface area contributed by atoms with Gasteiger partial charge in [-0.25, -0.2) is 4.39 Å². The van der Waals surface area contributed by atoms with Crippen molar-refractivity contribution in [1.29, 1.82) is 0 Å². The highest BCUT2D eigenvalue weighted by Crippen LogP contribution is 2.29. The zero-order valence-electron chi connectivity index (χ0n) is 12.6. The third-order valence-corrected chi connectivity index (χ3v) is 3.05. The molecule has 0 aliphatic heterocycles. The van der Waals surface area contributed by atoms with E-state index in [-0.39, 0.29) is 18.0 Å². The van der Waals surface area contributed by atoms with Gasteiger partial charge in [-0.15, -0.1) is 0 Å². The highest BCUT2D eigenvalue weighted by molar-refractivity contribution is 5.40. The molecule has 0 aliphatic carbocycles. The van der Waals surface area contributed by atoms with Gasteiger partial charge in [0.05, 0.1) is 24.0 Å². The van der Waals surface area contributed by atoms with Crippen LogP contribution < -0.4 is 10.1 Å². The van der Waals surface area contributed by atoms with Gasteiger partial charge in [-0.3, -0.25) is 4.98 Å². The maximum atomic E-state index is 13.1. The minimum absolute atomic E-state index is 0.0922. The Bertz CT molecular complexity index is 569. The summed E-state index contributed by atoms with van der Waals surface area (Å²) in [6.07, 6.45) is 1.33. The van der Waals surface area contributed by atoms with E-state index >= 15 is 0 Å². The minimum Gasteiger partial charge on any atom is -0.491 e. The monoisotopic (exact) mass is 288 g/mol. The van der Waals surface area contributed by atoms with Crippen LogP contribution in [0.5, 0.6) is 5.75 Å². The van der Waals surface area contributed by atoms with Crippen LogP contribution in [0.2, 0.25) is 0 Å². The Morgan fingerprint density at radius 1 is 1.19 bits per heavy atom. The smallest absolute Gasteiger partial charge is 0.141 e. The van der Waals surface area contributed by atoms with Gasteiger partial charge in [-0.05, 0) is 38.6 Å². The molecule has 1 atom stereocenters. The molecular weight excluding hydrogens is 267 g/mol. The molecule has 0 radical (unpaired) electrons. The van der Waals surface area contributed by atoms with Crippen LogP contribution in [0.3, 0.4) is 0 Å². The molecule has 3 nitrogen and oxygen atoms in total. The molecule has 0 bridgehead atoms. The van der Waals surface area contributed by atoms with E-state index in [2.05, 4.69) is 10.3 Å². The lowest BCUT2D eigenvalue weighted by Gasteiger charge is -2.22. The quantitative estimate of drug-likeness (QED) is 0.880. The highest BCUT2D eigenvalue weighted by Gasteiger charge is 2.19. The zero-order chi connectivity index (χ0) is 15.2. The SMILES string of the molecule is CCNC(c1ccc(F)cn1)c1ccccc1OC(C)C. The van der Waals surface area contributed by atoms with Crippen molar-refractivity contribution in [3.8, 4) is 5.75 Å². The van der Waals surface area contributed by atoms with Gasteiger partial charge in [0.1, 0.15) is 11.6 Å². The number of pyridine rings is 1. The number of hydrogen-bond acceptors (Lipinski definition) is 3. The molecule has 1 aromatic carbocycles. The van der Waals surface area contributed by atoms with Crippen LogP contribution in [0, 0.1) is 5.82 Å². The summed E-state index contributed by atoms with van der Waals surface area (Å²) in [7, 11) is 0. The number of rotatable bonds is 6. The summed E-state index contributed by atoms with van der Waals surface area (Å²) < 4.78 is 19.0. The number of benzene rings is 1. The average Bonchev–Trinajstić information content (AvgIpc) is 2.46. The number of nitrogens with one attached hydrogen (secondary N) is 1. The van der Waals surface area contributed by atoms with Crippen LogP contribution in [0.1, 0.15) is 38.1 Å². The van der Waals surface area contributed by atoms with Crippen LogP contribution in [0.15, 0.2) is 42.6 Å². The van der Waals surface area contributed by atoms with Crippen molar-refractivity contribution in [2.45, 2.75) is 32.9 Å². The summed E-state index contributed by atoms with van der Waals surface area (Å²) in [4.78, 5) is 4.20. The Balaban J connectivity index is 2.40. The van der Waals surface area contributed by atoms with Crippen molar-refractivity contribution in [2.24, 2.45) is 0 Å². The predicted octanol–water partition coefficient (Wildman–Crippen LogP) is 3.71. The van der Waals surface area contributed by atoms with Gasteiger partial charge in [0.2, 0.25) is 0 Å². The first-order valence-corrected chi connectivity index (χ1v) is 7.22. The molecule has 0 saturated heterocycles. The van der Waals surface area contributed by atoms with E-state index in [1.165, 1.54) is 12.3 Å². The molecule has 2 rings (SSSR count). The van der Waals surface area contributed by atoms with Gasteiger partial charge < -0.3 is 10.1 Å². The first-order valence-electron chi connectivity index (χ1n) is 7.22. The molecule has 1 N–H and O–H groups in total. The maximum absolute atomic E-state index is 13.1. The molecule has 1 heterocycles. The predicted molar refractivity (Wildman–Crippen MR) is 81.9 cm³/mol. The molecule has 0 amide bonds. The molecule has 21 heavy (non-hydrogen) atoms. The van der Waals surface area contributed by atoms with Crippen LogP contribution in [-0.4, -0.2) is 17.6 Å². The molecule has 1 unspecified atom stereocenters. The Hall–Kier alpha value is -1.94. The second kappa shape index (κ2) is 7.18. The Morgan fingerprint density at radius 2 is 1.95 bits per heavy atom. The van der Waals surface area contributed by atoms with Gasteiger partial charge in [0, 0.05) is 5.56 Å². The largest absolute Gasteiger partial charge is 0.491 e. The third-order valence-electron chi connectivity index (χ3n) is 3.05. The second-order valence-corrected chi connectivity index (χ2v) is 5.10. The summed E-state index contributed by atoms with van der Waals surface area (Å²) in [6, 6.07) is 10.9. The summed E-state index contributed by atoms with van der Waals surface area (Å²) in [5, 5.41) is 3.38. The Kier molecular flexibility index (Phi) is 5.28. The summed E-state index contributed by atoms with van der Waals surface area (Å²) in [5.74, 6) is 0.491. The Labute approximate surface area is 125 Å². The average molecular weight is 288 g/mol. The van der Waals surface area contributed by atoms with Crippen molar-refractivity contribution >= 4 is 0 Å². The Morgan fingerprint density at radius 3 is 2.57 bits per heavy atom. The molecular formula is C17H21FN2O. The van der Waals surface area contributed by atoms with Gasteiger partial charge in [-0.2, -0.15) is 0 Å². The van der Waals surface area contributed by atoms with Crippen molar-refractivity contribution in [2.75, 3.05) is 6.54 Å². The van der Waals surface area contributed by atoms with Crippen LogP contribution in [0.4, 0.5) is 4.39 Å². The molecule has 0 saturated carbocycles. The topological polar surface area (TPSA) is 34.2 Å². The van der Waals surface area contributed by atoms with Gasteiger partial charge in [0.25, 0.3) is 0 Å². The van der Waals surface area contributed by atoms with E-state index in [1.807, 2.05) is 45.0 Å². The lowest BCUT2D eigenvalue weighted by atomic mass is 10.0. The first kappa shape index (κ1) is 15.4. The number of nitrogens with zero attached hydrogens (tertiary/aromatic N) is 1. The second-order valence-electron chi connectivity index (χ2n) is 5.10. The van der Waals surface area contributed by atoms with Gasteiger partial charge in [0.15, 0.2) is 0 Å². The molecule has 0 spiro atoms. The standard InChI is InChI=1S/C17H21FN2O/c1-4-19-17(15-10-9-13(18)11-20-15)14-7-5-6-8-16(14)21-12(2)3/h5-12,17,19H,4H2,1-3H3. The van der Waals surface area contributed by atoms with E-state index in [0.717, 1.165) is 23.6 Å². The first-order chi connectivity index (χ1) is 10.1. The fourth-order valence-corrected chi connectivity index (χ4v) is 2.22. The number of para-hydroxylation sites is 1. The number of hydrogen-bond donors (Lipinski definition) is 1. The zero-order valence-corrected chi connectivity index (χ0v) is 12.6. The van der Waals surface area contributed by atoms with Crippen LogP contribution in [0.25, 0.3) is 0 Å². The lowest BCUT2D eigenvalue weighted by molar-refractivity contribution is 0.238. The summed E-state index contributed by atoms with van der Waals surface area (Å²) in [5.41, 5.74) is 1.78. The minimum atomic E-state index is -0.333. The van der Waals surface area contributed by atoms with E-state index in [0.29, 0.717) is 0 Å². The number of aromatic nitrogens is 1. The van der Waals surface area contributed by atoms with Crippen LogP contribution in [-0.2, 0) is 0 Å². The highest BCUT2D eigenvalue weighted by atomic mass is 19.1. The van der Waals surface area contributed by atoms with Crippen LogP contribution >= 0.6 is 0 Å². The maximum Gasteiger partial charge on any atom is 0.141 e. The molecule has 1 aromatic heterocycles. The number of halogens is 1. The molecule has 2 aromatic rings. The van der Waals surface area contributed by atoms with Crippen molar-refractivity contribution in [3.63, 3.8) is 0 Å². The summed E-state index contributed by atoms with van der Waals surface area (Å²) in [6.45, 7) is 6.80. The van der Waals surface area contributed by atoms with E-state index in [1.54, 1.807) is 6.07 Å². The molecule has 0 fully saturated rings. The number of ether oxygens (including phenoxy) is 1. The molecule has 4 heteroatoms. The summed E-state index contributed by atoms with van der Waals surface area (Å²) >= 11 is 0. The molecule has 112 valence electrons. The van der Waals surface area contributed by atoms with Gasteiger partial charge in [-0.1, -0.05) is 25.1 Å². The van der Waals surface area contributed by atoms with Gasteiger partial charge >= 0.3 is 0 Å². The van der Waals surface area contributed by atoms with E-state index < -0.39 is 0 Å². The normalized spacial score (nSPS) is 12.4. The fraction of sp³-hybridized carbons (Fsp3) is 0.353.